The maximum absolute atomic E-state index is 15.2. The quantitative estimate of drug-likeness (QED) is 0.414. The second kappa shape index (κ2) is 10.3. The third kappa shape index (κ3) is 5.27. The minimum atomic E-state index is -1.26. The van der Waals surface area contributed by atoms with Crippen LogP contribution in [0.15, 0.2) is 12.4 Å². The van der Waals surface area contributed by atoms with E-state index in [4.69, 9.17) is 26.8 Å². The summed E-state index contributed by atoms with van der Waals surface area (Å²) < 4.78 is 27.7. The first-order valence-corrected chi connectivity index (χ1v) is 12.1. The molecule has 200 valence electrons. The van der Waals surface area contributed by atoms with Crippen molar-refractivity contribution in [3.63, 3.8) is 0 Å². The summed E-state index contributed by atoms with van der Waals surface area (Å²) >= 11 is 6.26. The van der Waals surface area contributed by atoms with E-state index < -0.39 is 30.2 Å². The Balaban J connectivity index is 1.60. The predicted molar refractivity (Wildman–Crippen MR) is 134 cm³/mol. The number of methoxy groups -OCH3 is 1. The fourth-order valence-electron chi connectivity index (χ4n) is 4.37. The highest BCUT2D eigenvalue weighted by Gasteiger charge is 2.38. The molecule has 0 saturated carbocycles. The van der Waals surface area contributed by atoms with Crippen molar-refractivity contribution in [3.05, 3.63) is 40.1 Å². The number of ether oxygens (including phenoxy) is 2. The number of aromatic nitrogens is 4. The van der Waals surface area contributed by atoms with Crippen LogP contribution in [0.2, 0.25) is 5.02 Å². The SMILES string of the molecule is COc1c(CCn2nc(C(O)CO)c3c(N)ncnc32)cc(Cl)c(F)c1C1CN(C(=O)OC(C)(C)C)C1. The first-order chi connectivity index (χ1) is 17.4. The van der Waals surface area contributed by atoms with E-state index in [0.29, 0.717) is 34.3 Å². The summed E-state index contributed by atoms with van der Waals surface area (Å²) in [5, 5.41) is 24.3. The van der Waals surface area contributed by atoms with Gasteiger partial charge in [-0.25, -0.2) is 23.8 Å². The van der Waals surface area contributed by atoms with Crippen LogP contribution in [0.3, 0.4) is 0 Å². The number of benzene rings is 1. The molecule has 2 aromatic heterocycles. The summed E-state index contributed by atoms with van der Waals surface area (Å²) in [6.45, 7) is 5.60. The van der Waals surface area contributed by atoms with Gasteiger partial charge in [0.15, 0.2) is 5.65 Å². The second-order valence-corrected chi connectivity index (χ2v) is 10.3. The number of hydrogen-bond acceptors (Lipinski definition) is 9. The van der Waals surface area contributed by atoms with Gasteiger partial charge >= 0.3 is 6.09 Å². The molecule has 1 fully saturated rings. The molecule has 1 aliphatic rings. The van der Waals surface area contributed by atoms with Gasteiger partial charge in [-0.15, -0.1) is 0 Å². The Morgan fingerprint density at radius 2 is 2.05 bits per heavy atom. The lowest BCUT2D eigenvalue weighted by Gasteiger charge is -2.40. The van der Waals surface area contributed by atoms with Crippen molar-refractivity contribution < 1.29 is 28.9 Å². The molecule has 4 N–H and O–H groups in total. The molecular formula is C24H30ClFN6O5. The smallest absolute Gasteiger partial charge is 0.410 e. The molecule has 0 spiro atoms. The van der Waals surface area contributed by atoms with Crippen molar-refractivity contribution in [1.29, 1.82) is 0 Å². The number of carbonyl (C=O) groups is 1. The number of nitrogens with two attached hydrogens (primary N) is 1. The molecule has 4 rings (SSSR count). The Hall–Kier alpha value is -3.22. The number of rotatable bonds is 7. The van der Waals surface area contributed by atoms with Crippen molar-refractivity contribution >= 4 is 34.5 Å². The standard InChI is InChI=1S/C24H30ClFN6O5/c1-24(2,3)37-23(35)31-8-13(9-31)16-18(26)14(25)7-12(20(16)36-4)5-6-32-22-17(21(27)28-11-29-22)19(30-32)15(34)10-33/h7,11,13,15,33-34H,5-6,8-10H2,1-4H3,(H2,27,28,29). The van der Waals surface area contributed by atoms with E-state index in [1.807, 2.05) is 0 Å². The molecule has 0 aliphatic carbocycles. The molecule has 37 heavy (non-hydrogen) atoms. The van der Waals surface area contributed by atoms with Crippen LogP contribution >= 0.6 is 11.6 Å². The number of anilines is 1. The van der Waals surface area contributed by atoms with Gasteiger partial charge in [0.1, 0.15) is 41.1 Å². The summed E-state index contributed by atoms with van der Waals surface area (Å²) in [5.74, 6) is -0.432. The molecule has 1 aromatic carbocycles. The summed E-state index contributed by atoms with van der Waals surface area (Å²) in [6, 6.07) is 1.50. The van der Waals surface area contributed by atoms with Crippen molar-refractivity contribution in [3.8, 4) is 5.75 Å². The minimum Gasteiger partial charge on any atom is -0.496 e. The van der Waals surface area contributed by atoms with Gasteiger partial charge in [-0.1, -0.05) is 11.6 Å². The highest BCUT2D eigenvalue weighted by molar-refractivity contribution is 6.31. The lowest BCUT2D eigenvalue weighted by atomic mass is 9.88. The Bertz CT molecular complexity index is 1320. The van der Waals surface area contributed by atoms with Crippen LogP contribution in [0.5, 0.6) is 5.75 Å². The van der Waals surface area contributed by atoms with Gasteiger partial charge in [0, 0.05) is 31.1 Å². The predicted octanol–water partition coefficient (Wildman–Crippen LogP) is 2.81. The average Bonchev–Trinajstić information content (AvgIpc) is 3.17. The van der Waals surface area contributed by atoms with Crippen molar-refractivity contribution in [2.75, 3.05) is 32.5 Å². The summed E-state index contributed by atoms with van der Waals surface area (Å²) in [4.78, 5) is 22.0. The van der Waals surface area contributed by atoms with Gasteiger partial charge in [0.25, 0.3) is 0 Å². The molecular weight excluding hydrogens is 507 g/mol. The fraction of sp³-hybridized carbons (Fsp3) is 0.500. The van der Waals surface area contributed by atoms with Gasteiger partial charge in [0.05, 0.1) is 24.1 Å². The Labute approximate surface area is 218 Å². The van der Waals surface area contributed by atoms with Crippen molar-refractivity contribution in [2.45, 2.75) is 51.4 Å². The first-order valence-electron chi connectivity index (χ1n) is 11.7. The normalized spacial score (nSPS) is 15.1. The third-order valence-corrected chi connectivity index (χ3v) is 6.37. The lowest BCUT2D eigenvalue weighted by molar-refractivity contribution is 0.00769. The summed E-state index contributed by atoms with van der Waals surface area (Å²) in [5.41, 5.74) is 6.83. The van der Waals surface area contributed by atoms with Crippen LogP contribution in [0.4, 0.5) is 15.0 Å². The monoisotopic (exact) mass is 536 g/mol. The molecule has 11 nitrogen and oxygen atoms in total. The Morgan fingerprint density at radius 1 is 1.35 bits per heavy atom. The zero-order valence-corrected chi connectivity index (χ0v) is 21.8. The van der Waals surface area contributed by atoms with Crippen molar-refractivity contribution in [2.24, 2.45) is 0 Å². The van der Waals surface area contributed by atoms with Gasteiger partial charge in [-0.05, 0) is 38.8 Å². The number of nitrogens with zero attached hydrogens (tertiary/aromatic N) is 5. The number of halogens is 2. The van der Waals surface area contributed by atoms with E-state index in [2.05, 4.69) is 15.1 Å². The average molecular weight is 537 g/mol. The van der Waals surface area contributed by atoms with E-state index in [1.165, 1.54) is 29.1 Å². The van der Waals surface area contributed by atoms with Crippen LogP contribution in [0, 0.1) is 5.82 Å². The number of aryl methyl sites for hydroxylation is 2. The zero-order chi connectivity index (χ0) is 27.1. The maximum atomic E-state index is 15.2. The van der Waals surface area contributed by atoms with Gasteiger partial charge in [0.2, 0.25) is 0 Å². The number of likely N-dealkylation sites (tertiary alicyclic amines) is 1. The highest BCUT2D eigenvalue weighted by Crippen LogP contribution is 2.41. The molecule has 0 radical (unpaired) electrons. The molecule has 1 unspecified atom stereocenters. The first kappa shape index (κ1) is 26.8. The summed E-state index contributed by atoms with van der Waals surface area (Å²) in [7, 11) is 1.45. The highest BCUT2D eigenvalue weighted by atomic mass is 35.5. The zero-order valence-electron chi connectivity index (χ0n) is 21.0. The molecule has 3 aromatic rings. The van der Waals surface area contributed by atoms with Gasteiger partial charge < -0.3 is 30.3 Å². The number of fused-ring (bicyclic) bond motifs is 1. The van der Waals surface area contributed by atoms with E-state index in [9.17, 15) is 15.0 Å². The van der Waals surface area contributed by atoms with E-state index in [0.717, 1.165) is 0 Å². The molecule has 1 amide bonds. The Morgan fingerprint density at radius 3 is 2.68 bits per heavy atom. The van der Waals surface area contributed by atoms with E-state index in [1.54, 1.807) is 20.8 Å². The molecule has 1 aliphatic heterocycles. The number of hydrogen-bond donors (Lipinski definition) is 3. The molecule has 13 heteroatoms. The van der Waals surface area contributed by atoms with Gasteiger partial charge in [-0.2, -0.15) is 5.10 Å². The molecule has 0 bridgehead atoms. The third-order valence-electron chi connectivity index (χ3n) is 6.10. The van der Waals surface area contributed by atoms with Crippen LogP contribution in [0.1, 0.15) is 49.6 Å². The number of nitrogen functional groups attached to an aromatic ring is 1. The van der Waals surface area contributed by atoms with Crippen LogP contribution in [-0.2, 0) is 17.7 Å². The topological polar surface area (TPSA) is 149 Å². The largest absolute Gasteiger partial charge is 0.496 e. The number of aliphatic hydroxyl groups is 2. The number of carbonyl (C=O) groups excluding carboxylic acids is 1. The molecule has 1 saturated heterocycles. The van der Waals surface area contributed by atoms with E-state index in [-0.39, 0.29) is 42.1 Å². The van der Waals surface area contributed by atoms with Crippen molar-refractivity contribution in [1.82, 2.24) is 24.6 Å². The van der Waals surface area contributed by atoms with Crippen LogP contribution in [0.25, 0.3) is 11.0 Å². The fourth-order valence-corrected chi connectivity index (χ4v) is 4.61. The molecule has 3 heterocycles. The van der Waals surface area contributed by atoms with E-state index >= 15 is 4.39 Å². The van der Waals surface area contributed by atoms with Crippen LogP contribution < -0.4 is 10.5 Å². The lowest BCUT2D eigenvalue weighted by Crippen LogP contribution is -2.50. The molecule has 1 atom stereocenters. The number of amides is 1. The van der Waals surface area contributed by atoms with Crippen LogP contribution in [-0.4, -0.2) is 73.4 Å². The number of aliphatic hydroxyl groups excluding tert-OH is 2. The minimum absolute atomic E-state index is 0.0604. The maximum Gasteiger partial charge on any atom is 0.410 e. The second-order valence-electron chi connectivity index (χ2n) is 9.87. The van der Waals surface area contributed by atoms with Gasteiger partial charge in [-0.3, -0.25) is 0 Å². The summed E-state index contributed by atoms with van der Waals surface area (Å²) in [6.07, 6.45) is -0.109. The Kier molecular flexibility index (Phi) is 7.45.